The summed E-state index contributed by atoms with van der Waals surface area (Å²) in [5.74, 6) is 0.412. The summed E-state index contributed by atoms with van der Waals surface area (Å²) in [5.41, 5.74) is 1.12. The van der Waals surface area contributed by atoms with Gasteiger partial charge in [0.2, 0.25) is 10.0 Å². The molecule has 0 aliphatic rings. The second kappa shape index (κ2) is 8.28. The quantitative estimate of drug-likeness (QED) is 0.734. The maximum Gasteiger partial charge on any atom is 0.324 e. The fourth-order valence-electron chi connectivity index (χ4n) is 1.46. The highest BCUT2D eigenvalue weighted by Crippen LogP contribution is 2.13. The van der Waals surface area contributed by atoms with E-state index in [4.69, 9.17) is 0 Å². The number of hydrogen-bond acceptors (Lipinski definition) is 5. The van der Waals surface area contributed by atoms with Gasteiger partial charge < -0.3 is 4.74 Å². The summed E-state index contributed by atoms with van der Waals surface area (Å²) in [6, 6.07) is 8.92. The number of thioether (sulfide) groups is 1. The molecule has 0 bridgehead atoms. The molecule has 112 valence electrons. The standard InChI is InChI=1S/C13H19NO4S2/c1-3-20(16,17)14-12(13(15)18-2)10-19-9-11-7-5-4-6-8-11/h4-8,12,14H,3,9-10H2,1-2H3/t12-/m0/s1. The van der Waals surface area contributed by atoms with E-state index in [0.29, 0.717) is 11.5 Å². The maximum absolute atomic E-state index is 11.6. The van der Waals surface area contributed by atoms with Gasteiger partial charge in [0, 0.05) is 11.5 Å². The molecule has 0 spiro atoms. The summed E-state index contributed by atoms with van der Waals surface area (Å²) < 4.78 is 30.1. The van der Waals surface area contributed by atoms with Crippen LogP contribution in [0, 0.1) is 0 Å². The Balaban J connectivity index is 2.55. The molecule has 0 aromatic heterocycles. The fourth-order valence-corrected chi connectivity index (χ4v) is 3.35. The third-order valence-corrected chi connectivity index (χ3v) is 5.09. The Morgan fingerprint density at radius 2 is 2.00 bits per heavy atom. The number of carbonyl (C=O) groups is 1. The van der Waals surface area contributed by atoms with Crippen molar-refractivity contribution in [1.82, 2.24) is 4.72 Å². The van der Waals surface area contributed by atoms with Crippen molar-refractivity contribution in [3.63, 3.8) is 0 Å². The lowest BCUT2D eigenvalue weighted by atomic mass is 10.2. The van der Waals surface area contributed by atoms with Gasteiger partial charge in [-0.1, -0.05) is 30.3 Å². The van der Waals surface area contributed by atoms with Crippen molar-refractivity contribution < 1.29 is 17.9 Å². The van der Waals surface area contributed by atoms with E-state index in [2.05, 4.69) is 9.46 Å². The third-order valence-electron chi connectivity index (χ3n) is 2.58. The molecule has 5 nitrogen and oxygen atoms in total. The number of nitrogens with one attached hydrogen (secondary N) is 1. The number of rotatable bonds is 8. The van der Waals surface area contributed by atoms with Crippen molar-refractivity contribution in [2.75, 3.05) is 18.6 Å². The Kier molecular flexibility index (Phi) is 7.04. The molecule has 0 saturated heterocycles. The van der Waals surface area contributed by atoms with Crippen LogP contribution in [0.15, 0.2) is 30.3 Å². The van der Waals surface area contributed by atoms with Gasteiger partial charge in [0.1, 0.15) is 6.04 Å². The monoisotopic (exact) mass is 317 g/mol. The van der Waals surface area contributed by atoms with Gasteiger partial charge >= 0.3 is 5.97 Å². The first-order valence-electron chi connectivity index (χ1n) is 6.18. The highest BCUT2D eigenvalue weighted by Gasteiger charge is 2.24. The van der Waals surface area contributed by atoms with Crippen LogP contribution in [0.1, 0.15) is 12.5 Å². The van der Waals surface area contributed by atoms with Crippen molar-refractivity contribution in [3.05, 3.63) is 35.9 Å². The van der Waals surface area contributed by atoms with E-state index < -0.39 is 22.0 Å². The van der Waals surface area contributed by atoms with Crippen molar-refractivity contribution >= 4 is 27.8 Å². The van der Waals surface area contributed by atoms with E-state index in [0.717, 1.165) is 5.56 Å². The van der Waals surface area contributed by atoms with Crippen LogP contribution < -0.4 is 4.72 Å². The third kappa shape index (κ3) is 5.94. The first-order chi connectivity index (χ1) is 9.48. The smallest absolute Gasteiger partial charge is 0.324 e. The van der Waals surface area contributed by atoms with Gasteiger partial charge in [-0.3, -0.25) is 4.79 Å². The van der Waals surface area contributed by atoms with E-state index in [-0.39, 0.29) is 5.75 Å². The average Bonchev–Trinajstić information content (AvgIpc) is 2.46. The predicted octanol–water partition coefficient (Wildman–Crippen LogP) is 1.40. The highest BCUT2D eigenvalue weighted by atomic mass is 32.2. The van der Waals surface area contributed by atoms with Gasteiger partial charge in [-0.25, -0.2) is 13.1 Å². The zero-order valence-electron chi connectivity index (χ0n) is 11.5. The summed E-state index contributed by atoms with van der Waals surface area (Å²) in [6.07, 6.45) is 0. The molecule has 0 aliphatic carbocycles. The lowest BCUT2D eigenvalue weighted by molar-refractivity contribution is -0.141. The van der Waals surface area contributed by atoms with Gasteiger partial charge in [-0.05, 0) is 12.5 Å². The lowest BCUT2D eigenvalue weighted by Crippen LogP contribution is -2.43. The first kappa shape index (κ1) is 17.0. The molecule has 1 atom stereocenters. The van der Waals surface area contributed by atoms with Gasteiger partial charge in [0.15, 0.2) is 0 Å². The minimum Gasteiger partial charge on any atom is -0.468 e. The molecule has 7 heteroatoms. The molecule has 1 N–H and O–H groups in total. The molecule has 0 unspecified atom stereocenters. The Morgan fingerprint density at radius 1 is 1.35 bits per heavy atom. The second-order valence-corrected chi connectivity index (χ2v) is 7.17. The van der Waals surface area contributed by atoms with Crippen LogP contribution in [0.5, 0.6) is 0 Å². The molecule has 0 saturated carbocycles. The minimum atomic E-state index is -3.43. The van der Waals surface area contributed by atoms with Crippen molar-refractivity contribution in [3.8, 4) is 0 Å². The van der Waals surface area contributed by atoms with E-state index >= 15 is 0 Å². The number of carbonyl (C=O) groups excluding carboxylic acids is 1. The number of benzene rings is 1. The molecular formula is C13H19NO4S2. The maximum atomic E-state index is 11.6. The zero-order valence-corrected chi connectivity index (χ0v) is 13.2. The minimum absolute atomic E-state index is 0.0656. The van der Waals surface area contributed by atoms with Crippen molar-refractivity contribution in [2.24, 2.45) is 0 Å². The van der Waals surface area contributed by atoms with Gasteiger partial charge in [-0.2, -0.15) is 11.8 Å². The Labute approximate surface area is 124 Å². The van der Waals surface area contributed by atoms with Gasteiger partial charge in [0.25, 0.3) is 0 Å². The van der Waals surface area contributed by atoms with Crippen LogP contribution in [-0.2, 0) is 25.3 Å². The number of esters is 1. The number of hydrogen-bond donors (Lipinski definition) is 1. The van der Waals surface area contributed by atoms with Crippen LogP contribution in [0.2, 0.25) is 0 Å². The number of ether oxygens (including phenoxy) is 1. The van der Waals surface area contributed by atoms with Crippen LogP contribution >= 0.6 is 11.8 Å². The molecule has 20 heavy (non-hydrogen) atoms. The van der Waals surface area contributed by atoms with Crippen LogP contribution in [0.25, 0.3) is 0 Å². The fraction of sp³-hybridized carbons (Fsp3) is 0.462. The SMILES string of the molecule is CCS(=O)(=O)N[C@@H](CSCc1ccccc1)C(=O)OC. The van der Waals surface area contributed by atoms with Gasteiger partial charge in [0.05, 0.1) is 12.9 Å². The summed E-state index contributed by atoms with van der Waals surface area (Å²) in [5, 5.41) is 0. The van der Waals surface area contributed by atoms with Crippen LogP contribution in [0.4, 0.5) is 0 Å². The van der Waals surface area contributed by atoms with E-state index in [1.165, 1.54) is 25.8 Å². The molecular weight excluding hydrogens is 298 g/mol. The Hall–Kier alpha value is -1.05. The van der Waals surface area contributed by atoms with E-state index in [1.807, 2.05) is 30.3 Å². The Morgan fingerprint density at radius 3 is 2.55 bits per heavy atom. The average molecular weight is 317 g/mol. The largest absolute Gasteiger partial charge is 0.468 e. The number of sulfonamides is 1. The molecule has 0 fully saturated rings. The summed E-state index contributed by atoms with van der Waals surface area (Å²) in [4.78, 5) is 11.6. The lowest BCUT2D eigenvalue weighted by Gasteiger charge is -2.15. The summed E-state index contributed by atoms with van der Waals surface area (Å²) >= 11 is 1.48. The molecule has 1 rings (SSSR count). The molecule has 0 heterocycles. The topological polar surface area (TPSA) is 72.5 Å². The predicted molar refractivity (Wildman–Crippen MR) is 81.0 cm³/mol. The van der Waals surface area contributed by atoms with Crippen LogP contribution in [-0.4, -0.2) is 39.0 Å². The molecule has 1 aromatic rings. The second-order valence-electron chi connectivity index (χ2n) is 4.10. The molecule has 0 radical (unpaired) electrons. The zero-order chi connectivity index (χ0) is 15.0. The van der Waals surface area contributed by atoms with Crippen molar-refractivity contribution in [1.29, 1.82) is 0 Å². The van der Waals surface area contributed by atoms with E-state index in [9.17, 15) is 13.2 Å². The summed E-state index contributed by atoms with van der Waals surface area (Å²) in [7, 11) is -2.19. The van der Waals surface area contributed by atoms with E-state index in [1.54, 1.807) is 0 Å². The Bertz CT molecular complexity index is 516. The van der Waals surface area contributed by atoms with Gasteiger partial charge in [-0.15, -0.1) is 0 Å². The molecule has 0 aliphatic heterocycles. The molecule has 1 aromatic carbocycles. The van der Waals surface area contributed by atoms with Crippen molar-refractivity contribution in [2.45, 2.75) is 18.7 Å². The van der Waals surface area contributed by atoms with Crippen LogP contribution in [0.3, 0.4) is 0 Å². The summed E-state index contributed by atoms with van der Waals surface area (Å²) in [6.45, 7) is 1.52. The first-order valence-corrected chi connectivity index (χ1v) is 8.98. The number of methoxy groups -OCH3 is 1. The highest BCUT2D eigenvalue weighted by molar-refractivity contribution is 7.98. The normalized spacial score (nSPS) is 12.9. The molecule has 0 amide bonds.